The predicted molar refractivity (Wildman–Crippen MR) is 89.3 cm³/mol. The summed E-state index contributed by atoms with van der Waals surface area (Å²) in [5.74, 6) is -2.85. The molecule has 1 aliphatic carbocycles. The van der Waals surface area contributed by atoms with E-state index in [0.717, 1.165) is 12.3 Å². The summed E-state index contributed by atoms with van der Waals surface area (Å²) in [6.45, 7) is 3.70. The third-order valence-electron chi connectivity index (χ3n) is 5.28. The average Bonchev–Trinajstić information content (AvgIpc) is 2.99. The molecule has 9 heteroatoms. The Kier molecular flexibility index (Phi) is 4.57. The number of nitriles is 1. The number of nitrogens with zero attached hydrogens (tertiary/aromatic N) is 3. The minimum absolute atomic E-state index is 0.0139. The van der Waals surface area contributed by atoms with Gasteiger partial charge in [-0.15, -0.1) is 0 Å². The van der Waals surface area contributed by atoms with E-state index in [0.29, 0.717) is 12.8 Å². The molecule has 1 amide bonds. The molecule has 1 aromatic heterocycles. The zero-order valence-electron chi connectivity index (χ0n) is 15.2. The van der Waals surface area contributed by atoms with Crippen LogP contribution < -0.4 is 0 Å². The molecule has 1 aliphatic heterocycles. The summed E-state index contributed by atoms with van der Waals surface area (Å²) in [5, 5.41) is 9.25. The number of aromatic nitrogens is 1. The molecule has 0 bridgehead atoms. The molecule has 0 N–H and O–H groups in total. The first-order chi connectivity index (χ1) is 12.9. The molecule has 1 atom stereocenters. The Morgan fingerprint density at radius 1 is 1.36 bits per heavy atom. The number of alkyl halides is 3. The molecule has 2 aliphatic rings. The first kappa shape index (κ1) is 20.0. The number of Topliss-reactive ketones (excluding diaryl/α,β-unsaturated/α-hetero) is 1. The van der Waals surface area contributed by atoms with Crippen molar-refractivity contribution in [2.24, 2.45) is 10.8 Å². The van der Waals surface area contributed by atoms with E-state index in [1.54, 1.807) is 19.9 Å². The van der Waals surface area contributed by atoms with Crippen molar-refractivity contribution >= 4 is 11.7 Å². The first-order valence-electron chi connectivity index (χ1n) is 8.59. The van der Waals surface area contributed by atoms with Crippen molar-refractivity contribution in [3.8, 4) is 6.07 Å². The van der Waals surface area contributed by atoms with E-state index in [1.165, 1.54) is 4.90 Å². The lowest BCUT2D eigenvalue weighted by Crippen LogP contribution is -2.41. The number of amides is 1. The summed E-state index contributed by atoms with van der Waals surface area (Å²) < 4.78 is 52.9. The molecule has 0 saturated carbocycles. The maximum atomic E-state index is 14.3. The van der Waals surface area contributed by atoms with Crippen molar-refractivity contribution in [3.63, 3.8) is 0 Å². The average molecular weight is 395 g/mol. The van der Waals surface area contributed by atoms with Crippen LogP contribution in [-0.4, -0.2) is 34.7 Å². The molecule has 1 aromatic rings. The van der Waals surface area contributed by atoms with Crippen LogP contribution in [0.25, 0.3) is 0 Å². The summed E-state index contributed by atoms with van der Waals surface area (Å²) in [6, 6.07) is 2.80. The highest BCUT2D eigenvalue weighted by atomic mass is 19.4. The molecule has 1 fully saturated rings. The van der Waals surface area contributed by atoms with E-state index in [4.69, 9.17) is 0 Å². The van der Waals surface area contributed by atoms with Gasteiger partial charge in [0.25, 0.3) is 5.91 Å². The lowest BCUT2D eigenvalue weighted by atomic mass is 9.64. The van der Waals surface area contributed by atoms with Crippen LogP contribution in [-0.2, 0) is 11.0 Å². The van der Waals surface area contributed by atoms with Gasteiger partial charge in [-0.2, -0.15) is 18.4 Å². The third kappa shape index (κ3) is 3.28. The molecule has 3 rings (SSSR count). The third-order valence-corrected chi connectivity index (χ3v) is 5.28. The van der Waals surface area contributed by atoms with Crippen LogP contribution >= 0.6 is 0 Å². The number of allylic oxidation sites excluding steroid dienone is 1. The molecule has 5 nitrogen and oxygen atoms in total. The number of hydrogen-bond donors (Lipinski definition) is 0. The molecule has 0 radical (unpaired) electrons. The molecule has 0 unspecified atom stereocenters. The Bertz CT molecular complexity index is 930. The molecule has 1 saturated heterocycles. The molecule has 148 valence electrons. The van der Waals surface area contributed by atoms with Gasteiger partial charge < -0.3 is 4.90 Å². The fourth-order valence-electron chi connectivity index (χ4n) is 4.14. The fraction of sp³-hybridized carbons (Fsp3) is 0.474. The number of pyridine rings is 1. The second-order valence-electron chi connectivity index (χ2n) is 7.92. The minimum Gasteiger partial charge on any atom is -0.338 e. The number of ketones is 1. The Labute approximate surface area is 158 Å². The van der Waals surface area contributed by atoms with Gasteiger partial charge in [-0.1, -0.05) is 19.9 Å². The lowest BCUT2D eigenvalue weighted by molar-refractivity contribution is -0.143. The van der Waals surface area contributed by atoms with Crippen LogP contribution in [0.2, 0.25) is 0 Å². The second kappa shape index (κ2) is 6.40. The zero-order valence-corrected chi connectivity index (χ0v) is 15.2. The summed E-state index contributed by atoms with van der Waals surface area (Å²) in [5.41, 5.74) is -3.86. The van der Waals surface area contributed by atoms with Crippen molar-refractivity contribution in [1.29, 1.82) is 5.26 Å². The second-order valence-corrected chi connectivity index (χ2v) is 7.92. The Morgan fingerprint density at radius 2 is 2.04 bits per heavy atom. The predicted octanol–water partition coefficient (Wildman–Crippen LogP) is 3.52. The normalized spacial score (nSPS) is 24.2. The zero-order chi connectivity index (χ0) is 20.9. The maximum Gasteiger partial charge on any atom is 0.436 e. The molecular weight excluding hydrogens is 378 g/mol. The number of carbonyl (C=O) groups is 2. The van der Waals surface area contributed by atoms with Crippen LogP contribution in [0.15, 0.2) is 23.9 Å². The number of carbonyl (C=O) groups excluding carboxylic acids is 2. The largest absolute Gasteiger partial charge is 0.436 e. The van der Waals surface area contributed by atoms with Crippen molar-refractivity contribution in [2.75, 3.05) is 13.1 Å². The summed E-state index contributed by atoms with van der Waals surface area (Å²) in [6.07, 6.45) is -1.89. The standard InChI is InChI=1S/C19H17F4N3O2/c1-17(2)9-18(7-11(8-24)15(17)27)4-6-26(10-18)16(28)12-3-5-25-14(13(12)20)19(21,22)23/h3,5,7H,4,6,9-10H2,1-2H3/t18-/m0/s1. The minimum atomic E-state index is -5.01. The van der Waals surface area contributed by atoms with Crippen molar-refractivity contribution < 1.29 is 27.2 Å². The van der Waals surface area contributed by atoms with Crippen molar-refractivity contribution in [1.82, 2.24) is 9.88 Å². The SMILES string of the molecule is CC1(C)C[C@@]2(C=C(C#N)C1=O)CCN(C(=O)c1ccnc(C(F)(F)F)c1F)C2. The molecule has 1 spiro atoms. The van der Waals surface area contributed by atoms with Gasteiger partial charge in [-0.3, -0.25) is 9.59 Å². The van der Waals surface area contributed by atoms with Crippen molar-refractivity contribution in [2.45, 2.75) is 32.9 Å². The van der Waals surface area contributed by atoms with Gasteiger partial charge in [0.05, 0.1) is 11.1 Å². The quantitative estimate of drug-likeness (QED) is 0.682. The van der Waals surface area contributed by atoms with Gasteiger partial charge in [0.1, 0.15) is 6.07 Å². The van der Waals surface area contributed by atoms with E-state index >= 15 is 0 Å². The van der Waals surface area contributed by atoms with Crippen LogP contribution in [0, 0.1) is 28.0 Å². The topological polar surface area (TPSA) is 74.1 Å². The fourth-order valence-corrected chi connectivity index (χ4v) is 4.14. The monoisotopic (exact) mass is 395 g/mol. The van der Waals surface area contributed by atoms with Gasteiger partial charge in [0, 0.05) is 30.1 Å². The van der Waals surface area contributed by atoms with Gasteiger partial charge in [0.2, 0.25) is 0 Å². The van der Waals surface area contributed by atoms with E-state index in [1.807, 2.05) is 6.07 Å². The van der Waals surface area contributed by atoms with E-state index in [2.05, 4.69) is 4.98 Å². The van der Waals surface area contributed by atoms with Gasteiger partial charge in [-0.05, 0) is 18.9 Å². The maximum absolute atomic E-state index is 14.3. The summed E-state index contributed by atoms with van der Waals surface area (Å²) in [4.78, 5) is 29.2. The van der Waals surface area contributed by atoms with Crippen molar-refractivity contribution in [3.05, 3.63) is 41.0 Å². The molecule has 28 heavy (non-hydrogen) atoms. The molecule has 2 heterocycles. The smallest absolute Gasteiger partial charge is 0.338 e. The molecular formula is C19H17F4N3O2. The van der Waals surface area contributed by atoms with Gasteiger partial charge >= 0.3 is 6.18 Å². The number of halogens is 4. The van der Waals surface area contributed by atoms with Gasteiger partial charge in [0.15, 0.2) is 17.3 Å². The summed E-state index contributed by atoms with van der Waals surface area (Å²) in [7, 11) is 0. The highest BCUT2D eigenvalue weighted by Gasteiger charge is 2.49. The van der Waals surface area contributed by atoms with E-state index in [9.17, 15) is 32.4 Å². The number of rotatable bonds is 1. The number of likely N-dealkylation sites (tertiary alicyclic amines) is 1. The van der Waals surface area contributed by atoms with Crippen LogP contribution in [0.5, 0.6) is 0 Å². The van der Waals surface area contributed by atoms with Crippen LogP contribution in [0.1, 0.15) is 42.7 Å². The van der Waals surface area contributed by atoms with E-state index in [-0.39, 0.29) is 24.4 Å². The Hall–Kier alpha value is -2.76. The highest BCUT2D eigenvalue weighted by Crippen LogP contribution is 2.48. The first-order valence-corrected chi connectivity index (χ1v) is 8.59. The Balaban J connectivity index is 1.91. The van der Waals surface area contributed by atoms with Gasteiger partial charge in [-0.25, -0.2) is 9.37 Å². The summed E-state index contributed by atoms with van der Waals surface area (Å²) >= 11 is 0. The van der Waals surface area contributed by atoms with Crippen LogP contribution in [0.3, 0.4) is 0 Å². The van der Waals surface area contributed by atoms with Crippen LogP contribution in [0.4, 0.5) is 17.6 Å². The lowest BCUT2D eigenvalue weighted by Gasteiger charge is -2.38. The number of hydrogen-bond acceptors (Lipinski definition) is 4. The van der Waals surface area contributed by atoms with E-state index < -0.39 is 40.0 Å². The Morgan fingerprint density at radius 3 is 2.64 bits per heavy atom. The highest BCUT2D eigenvalue weighted by molar-refractivity contribution is 6.04. The molecule has 0 aromatic carbocycles.